The molecule has 0 aliphatic heterocycles. The quantitative estimate of drug-likeness (QED) is 0.206. The monoisotopic (exact) mass is 598 g/mol. The minimum atomic E-state index is -1.72. The first-order valence-electron chi connectivity index (χ1n) is 14.9. The molecule has 0 spiro atoms. The molecule has 2 aliphatic carbocycles. The van der Waals surface area contributed by atoms with E-state index in [-0.39, 0.29) is 25.6 Å². The zero-order valence-electron chi connectivity index (χ0n) is 26.2. The number of benzene rings is 2. The second kappa shape index (κ2) is 13.9. The highest BCUT2D eigenvalue weighted by atomic mass is 16.7. The Morgan fingerprint density at radius 2 is 1.65 bits per heavy atom. The van der Waals surface area contributed by atoms with Crippen LogP contribution in [0, 0.1) is 16.7 Å². The molecular weight excluding hydrogens is 552 g/mol. The van der Waals surface area contributed by atoms with E-state index in [2.05, 4.69) is 0 Å². The highest BCUT2D eigenvalue weighted by molar-refractivity contribution is 5.96. The lowest BCUT2D eigenvalue weighted by Crippen LogP contribution is -2.55. The number of carbonyl (C=O) groups is 2. The van der Waals surface area contributed by atoms with Gasteiger partial charge >= 0.3 is 5.97 Å². The molecule has 2 aromatic carbocycles. The van der Waals surface area contributed by atoms with Gasteiger partial charge in [-0.15, -0.1) is 0 Å². The van der Waals surface area contributed by atoms with Crippen molar-refractivity contribution >= 4 is 11.8 Å². The normalized spacial score (nSPS) is 28.0. The largest absolute Gasteiger partial charge is 0.497 e. The van der Waals surface area contributed by atoms with Crippen LogP contribution in [0.1, 0.15) is 62.9 Å². The molecule has 0 amide bonds. The van der Waals surface area contributed by atoms with E-state index in [1.807, 2.05) is 52.0 Å². The van der Waals surface area contributed by atoms with Crippen LogP contribution in [0.3, 0.4) is 0 Å². The number of methoxy groups -OCH3 is 2. The molecule has 5 atom stereocenters. The summed E-state index contributed by atoms with van der Waals surface area (Å²) in [6.45, 7) is 8.79. The van der Waals surface area contributed by atoms with E-state index < -0.39 is 46.5 Å². The summed E-state index contributed by atoms with van der Waals surface area (Å²) in [5, 5.41) is 12.1. The molecule has 2 aliphatic rings. The lowest BCUT2D eigenvalue weighted by molar-refractivity contribution is -0.202. The van der Waals surface area contributed by atoms with Crippen LogP contribution < -0.4 is 4.74 Å². The molecule has 9 nitrogen and oxygen atoms in total. The Hall–Kier alpha value is -2.82. The first kappa shape index (κ1) is 33.1. The zero-order chi connectivity index (χ0) is 31.3. The number of hydrogen-bond donors (Lipinski definition) is 1. The van der Waals surface area contributed by atoms with Gasteiger partial charge in [-0.1, -0.05) is 58.0 Å². The summed E-state index contributed by atoms with van der Waals surface area (Å²) in [4.78, 5) is 27.4. The molecule has 0 radical (unpaired) electrons. The van der Waals surface area contributed by atoms with Gasteiger partial charge < -0.3 is 33.5 Å². The Morgan fingerprint density at radius 3 is 2.30 bits per heavy atom. The SMILES string of the molecule is COCCOCO[C@@H]1[C@H](OCc2ccc(OC)cc2)[C@H]2CC[C@@](O)(C(=O)[C@H](OC(=O)c3ccccc3)CC1(C)C)C2(C)C. The van der Waals surface area contributed by atoms with Gasteiger partial charge in [0.15, 0.2) is 6.10 Å². The highest BCUT2D eigenvalue weighted by Gasteiger charge is 2.65. The van der Waals surface area contributed by atoms with Crippen molar-refractivity contribution < 1.29 is 43.1 Å². The second-order valence-corrected chi connectivity index (χ2v) is 12.8. The number of aliphatic hydroxyl groups is 1. The van der Waals surface area contributed by atoms with Gasteiger partial charge in [0.05, 0.1) is 44.7 Å². The molecule has 2 saturated carbocycles. The Labute approximate surface area is 254 Å². The minimum Gasteiger partial charge on any atom is -0.497 e. The van der Waals surface area contributed by atoms with Crippen molar-refractivity contribution in [2.24, 2.45) is 16.7 Å². The predicted octanol–water partition coefficient (Wildman–Crippen LogP) is 4.98. The molecule has 9 heteroatoms. The van der Waals surface area contributed by atoms with E-state index in [0.717, 1.165) is 11.3 Å². The minimum absolute atomic E-state index is 0.0142. The summed E-state index contributed by atoms with van der Waals surface area (Å²) >= 11 is 0. The Balaban J connectivity index is 1.70. The van der Waals surface area contributed by atoms with Gasteiger partial charge in [-0.25, -0.2) is 4.79 Å². The molecule has 2 aromatic rings. The third-order valence-electron chi connectivity index (χ3n) is 9.31. The molecule has 1 N–H and O–H groups in total. The van der Waals surface area contributed by atoms with Crippen molar-refractivity contribution in [3.8, 4) is 5.75 Å². The van der Waals surface area contributed by atoms with Gasteiger partial charge in [-0.2, -0.15) is 0 Å². The van der Waals surface area contributed by atoms with Crippen LogP contribution in [0.15, 0.2) is 54.6 Å². The third-order valence-corrected chi connectivity index (χ3v) is 9.31. The molecule has 236 valence electrons. The average Bonchev–Trinajstić information content (AvgIpc) is 3.24. The van der Waals surface area contributed by atoms with Crippen molar-refractivity contribution in [1.82, 2.24) is 0 Å². The van der Waals surface area contributed by atoms with Crippen LogP contribution in [0.25, 0.3) is 0 Å². The van der Waals surface area contributed by atoms with E-state index in [1.54, 1.807) is 44.6 Å². The number of fused-ring (bicyclic) bond motifs is 2. The molecule has 43 heavy (non-hydrogen) atoms. The maximum Gasteiger partial charge on any atom is 0.338 e. The third kappa shape index (κ3) is 7.13. The number of esters is 1. The van der Waals surface area contributed by atoms with Gasteiger partial charge in [-0.05, 0) is 60.4 Å². The maximum absolute atomic E-state index is 14.2. The van der Waals surface area contributed by atoms with Gasteiger partial charge in [0.2, 0.25) is 5.78 Å². The van der Waals surface area contributed by atoms with Crippen LogP contribution >= 0.6 is 0 Å². The van der Waals surface area contributed by atoms with Crippen LogP contribution in [0.2, 0.25) is 0 Å². The van der Waals surface area contributed by atoms with E-state index in [4.69, 9.17) is 28.4 Å². The lowest BCUT2D eigenvalue weighted by Gasteiger charge is -2.45. The topological polar surface area (TPSA) is 110 Å². The molecule has 0 saturated heterocycles. The average molecular weight is 599 g/mol. The number of Topliss-reactive ketones (excluding diaryl/α,β-unsaturated/α-hetero) is 1. The first-order valence-corrected chi connectivity index (χ1v) is 14.9. The smallest absolute Gasteiger partial charge is 0.338 e. The summed E-state index contributed by atoms with van der Waals surface area (Å²) in [5.41, 5.74) is -2.08. The Morgan fingerprint density at radius 1 is 0.953 bits per heavy atom. The molecule has 2 bridgehead atoms. The Kier molecular flexibility index (Phi) is 10.7. The molecule has 0 unspecified atom stereocenters. The van der Waals surface area contributed by atoms with Crippen molar-refractivity contribution in [1.29, 1.82) is 0 Å². The van der Waals surface area contributed by atoms with Crippen molar-refractivity contribution in [2.45, 2.75) is 77.5 Å². The number of rotatable bonds is 12. The number of hydrogen-bond acceptors (Lipinski definition) is 9. The maximum atomic E-state index is 14.2. The van der Waals surface area contributed by atoms with Crippen LogP contribution in [0.4, 0.5) is 0 Å². The molecule has 4 rings (SSSR count). The van der Waals surface area contributed by atoms with E-state index in [0.29, 0.717) is 31.8 Å². The van der Waals surface area contributed by atoms with Gasteiger partial charge in [0.25, 0.3) is 0 Å². The summed E-state index contributed by atoms with van der Waals surface area (Å²) in [6, 6.07) is 16.2. The first-order chi connectivity index (χ1) is 20.4. The fourth-order valence-corrected chi connectivity index (χ4v) is 6.61. The van der Waals surface area contributed by atoms with Crippen LogP contribution in [0.5, 0.6) is 5.75 Å². The van der Waals surface area contributed by atoms with E-state index in [1.165, 1.54) is 0 Å². The molecule has 0 aromatic heterocycles. The number of ether oxygens (including phenoxy) is 6. The fraction of sp³-hybridized carbons (Fsp3) is 0.588. The predicted molar refractivity (Wildman–Crippen MR) is 160 cm³/mol. The second-order valence-electron chi connectivity index (χ2n) is 12.8. The van der Waals surface area contributed by atoms with Crippen molar-refractivity contribution in [2.75, 3.05) is 34.2 Å². The molecule has 2 fully saturated rings. The lowest BCUT2D eigenvalue weighted by atomic mass is 9.67. The molecule has 0 heterocycles. The van der Waals surface area contributed by atoms with Gasteiger partial charge in [0.1, 0.15) is 18.1 Å². The summed E-state index contributed by atoms with van der Waals surface area (Å²) in [5.74, 6) is -0.592. The van der Waals surface area contributed by atoms with Crippen molar-refractivity contribution in [3.63, 3.8) is 0 Å². The molecular formula is C34H46O9. The summed E-state index contributed by atoms with van der Waals surface area (Å²) in [7, 11) is 3.22. The van der Waals surface area contributed by atoms with Crippen LogP contribution in [-0.4, -0.2) is 75.0 Å². The Bertz CT molecular complexity index is 1210. The van der Waals surface area contributed by atoms with Gasteiger partial charge in [-0.3, -0.25) is 4.79 Å². The number of ketones is 1. The number of carbonyl (C=O) groups excluding carboxylic acids is 2. The summed E-state index contributed by atoms with van der Waals surface area (Å²) < 4.78 is 35.2. The van der Waals surface area contributed by atoms with E-state index >= 15 is 0 Å². The zero-order valence-corrected chi connectivity index (χ0v) is 26.2. The van der Waals surface area contributed by atoms with Crippen LogP contribution in [-0.2, 0) is 35.1 Å². The fourth-order valence-electron chi connectivity index (χ4n) is 6.61. The van der Waals surface area contributed by atoms with Crippen molar-refractivity contribution in [3.05, 3.63) is 65.7 Å². The summed E-state index contributed by atoms with van der Waals surface area (Å²) in [6.07, 6.45) is -1.38. The standard InChI is InChI=1S/C34H46O9/c1-32(2)20-27(43-31(36)24-10-8-7-9-11-24)29(35)34(37)17-16-26(33(34,3)4)28(30(32)42-22-40-19-18-38-5)41-21-23-12-14-25(39-6)15-13-23/h7-15,26-28,30,37H,16-22H2,1-6H3/t26-,27-,28-,30-,34-/m1/s1. The van der Waals surface area contributed by atoms with Gasteiger partial charge in [0, 0.05) is 12.5 Å². The highest BCUT2D eigenvalue weighted by Crippen LogP contribution is 2.56. The van der Waals surface area contributed by atoms with E-state index in [9.17, 15) is 14.7 Å².